The number of likely N-dealkylation sites (N-methyl/N-ethyl adjacent to an activating group) is 1. The fourth-order valence-corrected chi connectivity index (χ4v) is 5.51. The molecular weight excluding hydrogens is 703 g/mol. The number of carbonyl (C=O) groups is 3. The van der Waals surface area contributed by atoms with Gasteiger partial charge in [-0.1, -0.05) is 137 Å². The van der Waals surface area contributed by atoms with Crippen molar-refractivity contribution in [3.05, 3.63) is 97.2 Å². The number of carboxylic acid groups (broad SMARTS) is 1. The van der Waals surface area contributed by atoms with Crippen LogP contribution in [0.2, 0.25) is 0 Å². The van der Waals surface area contributed by atoms with E-state index in [0.717, 1.165) is 83.5 Å². The third-order valence-corrected chi connectivity index (χ3v) is 8.74. The lowest BCUT2D eigenvalue weighted by Crippen LogP contribution is -2.50. The number of nitrogens with zero attached hydrogens (tertiary/aromatic N) is 1. The van der Waals surface area contributed by atoms with Crippen molar-refractivity contribution in [2.24, 2.45) is 0 Å². The van der Waals surface area contributed by atoms with Crippen LogP contribution in [0.25, 0.3) is 0 Å². The monoisotopic (exact) mass is 781 g/mol. The Bertz CT molecular complexity index is 1230. The summed E-state index contributed by atoms with van der Waals surface area (Å²) in [6.07, 6.45) is 50.3. The highest BCUT2D eigenvalue weighted by molar-refractivity contribution is 5.72. The van der Waals surface area contributed by atoms with E-state index in [0.29, 0.717) is 19.3 Å². The van der Waals surface area contributed by atoms with E-state index in [2.05, 4.69) is 98.9 Å². The van der Waals surface area contributed by atoms with Crippen LogP contribution in [0.15, 0.2) is 97.2 Å². The topological polar surface area (TPSA) is 99.1 Å². The number of ether oxygens (including phenoxy) is 3. The Morgan fingerprint density at radius 3 is 1.46 bits per heavy atom. The van der Waals surface area contributed by atoms with Crippen LogP contribution in [-0.4, -0.2) is 80.6 Å². The molecule has 0 bridgehead atoms. The fraction of sp³-hybridized carbons (Fsp3) is 0.604. The molecule has 2 atom stereocenters. The number of rotatable bonds is 36. The first kappa shape index (κ1) is 52.2. The Morgan fingerprint density at radius 1 is 0.536 bits per heavy atom. The molecule has 0 aliphatic carbocycles. The number of unbranched alkanes of at least 4 members (excludes halogenated alkanes) is 6. The molecule has 1 N–H and O–H groups in total. The minimum absolute atomic E-state index is 0.0261. The molecule has 8 nitrogen and oxygen atoms in total. The number of carbonyl (C=O) groups excluding carboxylic acids is 2. The standard InChI is InChI=1S/C48H77NO7/c1-6-8-10-12-14-16-18-20-22-24-26-28-30-32-34-36-38-46(50)55-43-44(42-54-41-40-45(48(52)53)49(3,4)5)56-47(51)39-37-35-33-31-29-27-25-23-21-19-17-15-13-11-9-7-2/h8-11,14-17,20-23,26,28,32,34,44-45H,6-7,12-13,18-19,24-25,27,29-31,33,35-43H2,1-5H3/p+1/b10-8+,11-9+,16-14+,17-15+,22-20+,23-21+,28-26+,34-32+. The second-order valence-corrected chi connectivity index (χ2v) is 14.8. The summed E-state index contributed by atoms with van der Waals surface area (Å²) < 4.78 is 17.2. The minimum Gasteiger partial charge on any atom is -0.477 e. The third-order valence-electron chi connectivity index (χ3n) is 8.74. The summed E-state index contributed by atoms with van der Waals surface area (Å²) in [6, 6.07) is -0.633. The Kier molecular flexibility index (Phi) is 35.6. The molecule has 0 radical (unpaired) electrons. The zero-order chi connectivity index (χ0) is 41.4. The predicted octanol–water partition coefficient (Wildman–Crippen LogP) is 11.5. The largest absolute Gasteiger partial charge is 0.477 e. The van der Waals surface area contributed by atoms with E-state index in [1.807, 2.05) is 33.3 Å². The molecule has 0 aromatic heterocycles. The molecule has 0 fully saturated rings. The Balaban J connectivity index is 4.52. The van der Waals surface area contributed by atoms with Gasteiger partial charge in [0, 0.05) is 19.3 Å². The van der Waals surface area contributed by atoms with E-state index < -0.39 is 18.1 Å². The van der Waals surface area contributed by atoms with Crippen LogP contribution in [0.3, 0.4) is 0 Å². The Morgan fingerprint density at radius 2 is 0.982 bits per heavy atom. The molecule has 0 aliphatic heterocycles. The number of esters is 2. The number of allylic oxidation sites excluding steroid dienone is 16. The lowest BCUT2D eigenvalue weighted by Gasteiger charge is -2.31. The molecule has 0 spiro atoms. The van der Waals surface area contributed by atoms with E-state index in [-0.39, 0.29) is 42.7 Å². The normalized spacial score (nSPS) is 13.9. The molecule has 0 heterocycles. The average Bonchev–Trinajstić information content (AvgIpc) is 3.15. The van der Waals surface area contributed by atoms with E-state index in [1.54, 1.807) is 0 Å². The maximum absolute atomic E-state index is 12.7. The van der Waals surface area contributed by atoms with Gasteiger partial charge in [-0.05, 0) is 77.0 Å². The summed E-state index contributed by atoms with van der Waals surface area (Å²) in [5.41, 5.74) is 0. The number of hydrogen-bond acceptors (Lipinski definition) is 6. The quantitative estimate of drug-likeness (QED) is 0.0292. The summed E-state index contributed by atoms with van der Waals surface area (Å²) in [5, 5.41) is 9.61. The van der Waals surface area contributed by atoms with Crippen molar-refractivity contribution in [2.45, 2.75) is 148 Å². The van der Waals surface area contributed by atoms with Gasteiger partial charge in [-0.25, -0.2) is 4.79 Å². The summed E-state index contributed by atoms with van der Waals surface area (Å²) in [4.78, 5) is 36.9. The molecule has 56 heavy (non-hydrogen) atoms. The first-order valence-electron chi connectivity index (χ1n) is 21.3. The molecule has 2 unspecified atom stereocenters. The lowest BCUT2D eigenvalue weighted by molar-refractivity contribution is -0.887. The maximum Gasteiger partial charge on any atom is 0.362 e. The SMILES string of the molecule is CC/C=C/C/C=C/C/C=C/C/C=C/C/C=C/CCC(=O)OCC(COCCC(C(=O)O)[N+](C)(C)C)OC(=O)CCCCCCCC/C=C/C/C=C/C/C=C/CC. The second-order valence-electron chi connectivity index (χ2n) is 14.8. The molecule has 0 aliphatic rings. The molecule has 8 heteroatoms. The number of hydrogen-bond donors (Lipinski definition) is 1. The smallest absolute Gasteiger partial charge is 0.362 e. The van der Waals surface area contributed by atoms with Gasteiger partial charge in [0.05, 0.1) is 34.4 Å². The van der Waals surface area contributed by atoms with Gasteiger partial charge in [-0.2, -0.15) is 0 Å². The van der Waals surface area contributed by atoms with Crippen LogP contribution in [-0.2, 0) is 28.6 Å². The summed E-state index contributed by atoms with van der Waals surface area (Å²) >= 11 is 0. The van der Waals surface area contributed by atoms with Crippen LogP contribution in [0.5, 0.6) is 0 Å². The van der Waals surface area contributed by atoms with Crippen molar-refractivity contribution in [3.63, 3.8) is 0 Å². The predicted molar refractivity (Wildman–Crippen MR) is 233 cm³/mol. The van der Waals surface area contributed by atoms with Crippen LogP contribution < -0.4 is 0 Å². The number of aliphatic carboxylic acids is 1. The summed E-state index contributed by atoms with van der Waals surface area (Å²) in [5.74, 6) is -1.61. The van der Waals surface area contributed by atoms with Crippen molar-refractivity contribution in [2.75, 3.05) is 41.0 Å². The summed E-state index contributed by atoms with van der Waals surface area (Å²) in [6.45, 7) is 4.39. The van der Waals surface area contributed by atoms with Crippen LogP contribution in [0, 0.1) is 0 Å². The number of quaternary nitrogens is 1. The minimum atomic E-state index is -0.892. The second kappa shape index (κ2) is 38.1. The zero-order valence-electron chi connectivity index (χ0n) is 35.8. The highest BCUT2D eigenvalue weighted by Gasteiger charge is 2.31. The molecule has 0 amide bonds. The van der Waals surface area contributed by atoms with Gasteiger partial charge in [0.1, 0.15) is 6.61 Å². The maximum atomic E-state index is 12.7. The molecule has 0 saturated carbocycles. The van der Waals surface area contributed by atoms with Crippen molar-refractivity contribution >= 4 is 17.9 Å². The van der Waals surface area contributed by atoms with Gasteiger partial charge in [-0.3, -0.25) is 9.59 Å². The summed E-state index contributed by atoms with van der Waals surface area (Å²) in [7, 11) is 5.48. The molecule has 0 aromatic carbocycles. The van der Waals surface area contributed by atoms with E-state index in [4.69, 9.17) is 14.2 Å². The van der Waals surface area contributed by atoms with Crippen molar-refractivity contribution in [1.82, 2.24) is 0 Å². The van der Waals surface area contributed by atoms with Crippen molar-refractivity contribution < 1.29 is 38.2 Å². The zero-order valence-corrected chi connectivity index (χ0v) is 35.8. The van der Waals surface area contributed by atoms with E-state index >= 15 is 0 Å². The van der Waals surface area contributed by atoms with Gasteiger partial charge < -0.3 is 23.8 Å². The highest BCUT2D eigenvalue weighted by atomic mass is 16.6. The van der Waals surface area contributed by atoms with Gasteiger partial charge in [-0.15, -0.1) is 0 Å². The first-order valence-corrected chi connectivity index (χ1v) is 21.3. The highest BCUT2D eigenvalue weighted by Crippen LogP contribution is 2.12. The lowest BCUT2D eigenvalue weighted by atomic mass is 10.1. The van der Waals surface area contributed by atoms with E-state index in [9.17, 15) is 19.5 Å². The van der Waals surface area contributed by atoms with E-state index in [1.165, 1.54) is 12.8 Å². The van der Waals surface area contributed by atoms with Gasteiger partial charge in [0.2, 0.25) is 0 Å². The first-order chi connectivity index (χ1) is 27.1. The van der Waals surface area contributed by atoms with Crippen molar-refractivity contribution in [3.8, 4) is 0 Å². The fourth-order valence-electron chi connectivity index (χ4n) is 5.51. The molecular formula is C48H78NO7+. The Labute approximate surface area is 341 Å². The molecule has 0 saturated heterocycles. The molecule has 0 rings (SSSR count). The number of carboxylic acids is 1. The van der Waals surface area contributed by atoms with Crippen LogP contribution >= 0.6 is 0 Å². The Hall–Kier alpha value is -3.75. The average molecular weight is 781 g/mol. The van der Waals surface area contributed by atoms with Gasteiger partial charge in [0.15, 0.2) is 12.1 Å². The molecule has 316 valence electrons. The van der Waals surface area contributed by atoms with Gasteiger partial charge in [0.25, 0.3) is 0 Å². The van der Waals surface area contributed by atoms with Crippen molar-refractivity contribution in [1.29, 1.82) is 0 Å². The van der Waals surface area contributed by atoms with Crippen LogP contribution in [0.4, 0.5) is 0 Å². The third kappa shape index (κ3) is 35.9. The molecule has 0 aromatic rings. The van der Waals surface area contributed by atoms with Crippen LogP contribution in [0.1, 0.15) is 136 Å². The van der Waals surface area contributed by atoms with Gasteiger partial charge >= 0.3 is 17.9 Å².